The molecule has 0 aliphatic heterocycles. The fourth-order valence-corrected chi connectivity index (χ4v) is 0.860. The van der Waals surface area contributed by atoms with Crippen molar-refractivity contribution < 1.29 is 0 Å². The Kier molecular flexibility index (Phi) is 2.25. The molecule has 1 aromatic heterocycles. The summed E-state index contributed by atoms with van der Waals surface area (Å²) in [4.78, 5) is 6.40. The molecule has 1 aromatic rings. The van der Waals surface area contributed by atoms with Crippen LogP contribution in [0.1, 0.15) is 0 Å². The van der Waals surface area contributed by atoms with Gasteiger partial charge in [0.2, 0.25) is 0 Å². The molecular formula is C5H3BrN4. The van der Waals surface area contributed by atoms with Crippen molar-refractivity contribution in [2.75, 3.05) is 0 Å². The van der Waals surface area contributed by atoms with Crippen LogP contribution in [0.15, 0.2) is 28.0 Å². The van der Waals surface area contributed by atoms with Crippen LogP contribution in [0.25, 0.3) is 10.4 Å². The lowest BCUT2D eigenvalue weighted by Crippen LogP contribution is -1.68. The minimum absolute atomic E-state index is 0.511. The molecule has 5 heteroatoms. The first-order valence-corrected chi connectivity index (χ1v) is 3.28. The monoisotopic (exact) mass is 198 g/mol. The molecule has 0 fully saturated rings. The van der Waals surface area contributed by atoms with Crippen molar-refractivity contribution in [3.05, 3.63) is 33.4 Å². The smallest absolute Gasteiger partial charge is 0.0569 e. The fourth-order valence-electron chi connectivity index (χ4n) is 0.507. The van der Waals surface area contributed by atoms with Crippen LogP contribution in [0.2, 0.25) is 0 Å². The lowest BCUT2D eigenvalue weighted by molar-refractivity contribution is 1.28. The molecule has 0 N–H and O–H groups in total. The third-order valence-electron chi connectivity index (χ3n) is 0.851. The number of halogens is 1. The quantitative estimate of drug-likeness (QED) is 0.389. The highest BCUT2D eigenvalue weighted by Crippen LogP contribution is 2.15. The Hall–Kier alpha value is -1.06. The summed E-state index contributed by atoms with van der Waals surface area (Å²) in [6.07, 6.45) is 3.11. The van der Waals surface area contributed by atoms with Gasteiger partial charge in [0.1, 0.15) is 0 Å². The second-order valence-corrected chi connectivity index (χ2v) is 2.47. The van der Waals surface area contributed by atoms with Crippen molar-refractivity contribution >= 4 is 21.6 Å². The minimum atomic E-state index is 0.511. The maximum Gasteiger partial charge on any atom is 0.0569 e. The maximum atomic E-state index is 8.03. The summed E-state index contributed by atoms with van der Waals surface area (Å²) >= 11 is 3.19. The van der Waals surface area contributed by atoms with E-state index in [9.17, 15) is 0 Å². The molecule has 0 aliphatic carbocycles. The number of pyridine rings is 1. The van der Waals surface area contributed by atoms with Crippen LogP contribution < -0.4 is 0 Å². The van der Waals surface area contributed by atoms with Gasteiger partial charge in [0, 0.05) is 21.8 Å². The van der Waals surface area contributed by atoms with Gasteiger partial charge < -0.3 is 0 Å². The first-order valence-electron chi connectivity index (χ1n) is 2.48. The zero-order valence-corrected chi connectivity index (χ0v) is 6.48. The topological polar surface area (TPSA) is 61.7 Å². The van der Waals surface area contributed by atoms with Gasteiger partial charge in [-0.05, 0) is 27.5 Å². The van der Waals surface area contributed by atoms with E-state index in [2.05, 4.69) is 30.9 Å². The predicted octanol–water partition coefficient (Wildman–Crippen LogP) is 2.79. The van der Waals surface area contributed by atoms with E-state index < -0.39 is 0 Å². The van der Waals surface area contributed by atoms with Gasteiger partial charge in [-0.25, -0.2) is 0 Å². The van der Waals surface area contributed by atoms with Crippen molar-refractivity contribution in [2.24, 2.45) is 5.11 Å². The average molecular weight is 199 g/mol. The van der Waals surface area contributed by atoms with E-state index in [-0.39, 0.29) is 0 Å². The molecular weight excluding hydrogens is 196 g/mol. The molecule has 0 radical (unpaired) electrons. The Bertz CT molecular complexity index is 279. The highest BCUT2D eigenvalue weighted by molar-refractivity contribution is 9.10. The van der Waals surface area contributed by atoms with Gasteiger partial charge in [0.05, 0.1) is 5.69 Å². The summed E-state index contributed by atoms with van der Waals surface area (Å²) in [6.45, 7) is 0. The first kappa shape index (κ1) is 7.05. The Morgan fingerprint density at radius 1 is 1.60 bits per heavy atom. The summed E-state index contributed by atoms with van der Waals surface area (Å²) in [5.41, 5.74) is 8.54. The summed E-state index contributed by atoms with van der Waals surface area (Å²) < 4.78 is 0.803. The van der Waals surface area contributed by atoms with Crippen molar-refractivity contribution in [1.82, 2.24) is 4.98 Å². The third kappa shape index (κ3) is 1.72. The first-order chi connectivity index (χ1) is 4.83. The maximum absolute atomic E-state index is 8.03. The van der Waals surface area contributed by atoms with Crippen molar-refractivity contribution in [3.8, 4) is 0 Å². The third-order valence-corrected chi connectivity index (χ3v) is 1.28. The van der Waals surface area contributed by atoms with E-state index in [1.54, 1.807) is 12.3 Å². The summed E-state index contributed by atoms with van der Waals surface area (Å²) in [5.74, 6) is 0. The number of aromatic nitrogens is 1. The number of rotatable bonds is 1. The molecule has 0 bridgehead atoms. The number of nitrogens with zero attached hydrogens (tertiary/aromatic N) is 4. The van der Waals surface area contributed by atoms with Crippen molar-refractivity contribution in [3.63, 3.8) is 0 Å². The van der Waals surface area contributed by atoms with E-state index in [4.69, 9.17) is 5.53 Å². The Morgan fingerprint density at radius 3 is 3.00 bits per heavy atom. The van der Waals surface area contributed by atoms with Crippen LogP contribution in [0.4, 0.5) is 5.69 Å². The van der Waals surface area contributed by atoms with Gasteiger partial charge in [-0.15, -0.1) is 0 Å². The highest BCUT2D eigenvalue weighted by Gasteiger charge is 1.88. The van der Waals surface area contributed by atoms with Crippen LogP contribution in [0.3, 0.4) is 0 Å². The molecule has 0 unspecified atom stereocenters. The van der Waals surface area contributed by atoms with E-state index in [1.807, 2.05) is 0 Å². The normalized spacial score (nSPS) is 8.50. The summed E-state index contributed by atoms with van der Waals surface area (Å²) in [6, 6.07) is 1.69. The standard InChI is InChI=1S/C5H3BrN4/c6-4-1-5(9-10-7)3-8-2-4/h1-3H. The average Bonchev–Trinajstić information content (AvgIpc) is 1.88. The number of azide groups is 1. The molecule has 4 nitrogen and oxygen atoms in total. The molecule has 0 aromatic carbocycles. The van der Waals surface area contributed by atoms with Crippen LogP contribution >= 0.6 is 15.9 Å². The van der Waals surface area contributed by atoms with Crippen molar-refractivity contribution in [2.45, 2.75) is 0 Å². The Morgan fingerprint density at radius 2 is 2.40 bits per heavy atom. The molecule has 0 aliphatic rings. The van der Waals surface area contributed by atoms with Gasteiger partial charge in [-0.2, -0.15) is 0 Å². The van der Waals surface area contributed by atoms with Gasteiger partial charge in [0.15, 0.2) is 0 Å². The molecule has 0 saturated carbocycles. The molecule has 10 heavy (non-hydrogen) atoms. The Balaban J connectivity index is 3.06. The zero-order chi connectivity index (χ0) is 7.40. The highest BCUT2D eigenvalue weighted by atomic mass is 79.9. The molecule has 1 rings (SSSR count). The van der Waals surface area contributed by atoms with Gasteiger partial charge in [-0.3, -0.25) is 4.98 Å². The molecule has 0 spiro atoms. The lowest BCUT2D eigenvalue weighted by Gasteiger charge is -1.88. The Labute approximate surface area is 65.7 Å². The van der Waals surface area contributed by atoms with Crippen LogP contribution in [-0.4, -0.2) is 4.98 Å². The van der Waals surface area contributed by atoms with E-state index in [1.165, 1.54) is 6.20 Å². The van der Waals surface area contributed by atoms with E-state index in [0.717, 1.165) is 4.47 Å². The van der Waals surface area contributed by atoms with Gasteiger partial charge in [-0.1, -0.05) is 5.11 Å². The van der Waals surface area contributed by atoms with E-state index in [0.29, 0.717) is 5.69 Å². The van der Waals surface area contributed by atoms with Crippen LogP contribution in [0.5, 0.6) is 0 Å². The minimum Gasteiger partial charge on any atom is -0.263 e. The van der Waals surface area contributed by atoms with Gasteiger partial charge in [0.25, 0.3) is 0 Å². The second-order valence-electron chi connectivity index (χ2n) is 1.55. The van der Waals surface area contributed by atoms with Crippen LogP contribution in [0, 0.1) is 0 Å². The second kappa shape index (κ2) is 3.20. The van der Waals surface area contributed by atoms with E-state index >= 15 is 0 Å². The molecule has 0 atom stereocenters. The predicted molar refractivity (Wildman–Crippen MR) is 40.7 cm³/mol. The largest absolute Gasteiger partial charge is 0.263 e. The molecule has 0 saturated heterocycles. The van der Waals surface area contributed by atoms with Crippen molar-refractivity contribution in [1.29, 1.82) is 0 Å². The van der Waals surface area contributed by atoms with Crippen LogP contribution in [-0.2, 0) is 0 Å². The summed E-state index contributed by atoms with van der Waals surface area (Å²) in [7, 11) is 0. The molecule has 1 heterocycles. The zero-order valence-electron chi connectivity index (χ0n) is 4.90. The molecule has 0 amide bonds. The van der Waals surface area contributed by atoms with Gasteiger partial charge >= 0.3 is 0 Å². The fraction of sp³-hybridized carbons (Fsp3) is 0. The number of hydrogen-bond donors (Lipinski definition) is 0. The number of hydrogen-bond acceptors (Lipinski definition) is 2. The SMILES string of the molecule is [N-]=[N+]=Nc1cncc(Br)c1. The lowest BCUT2D eigenvalue weighted by atomic mass is 10.4. The molecule has 50 valence electrons. The summed E-state index contributed by atoms with van der Waals surface area (Å²) in [5, 5.41) is 3.36.